The van der Waals surface area contributed by atoms with Crippen LogP contribution in [0.15, 0.2) is 18.2 Å². The number of amides is 1. The van der Waals surface area contributed by atoms with Gasteiger partial charge in [-0.2, -0.15) is 0 Å². The van der Waals surface area contributed by atoms with E-state index in [9.17, 15) is 4.79 Å². The Morgan fingerprint density at radius 2 is 2.19 bits per heavy atom. The van der Waals surface area contributed by atoms with Crippen molar-refractivity contribution in [2.75, 3.05) is 18.4 Å². The van der Waals surface area contributed by atoms with Crippen LogP contribution >= 0.6 is 23.2 Å². The highest BCUT2D eigenvalue weighted by molar-refractivity contribution is 6.43. The molecule has 0 fully saturated rings. The van der Waals surface area contributed by atoms with Crippen LogP contribution in [-0.2, 0) is 4.79 Å². The van der Waals surface area contributed by atoms with Crippen LogP contribution in [0.4, 0.5) is 5.69 Å². The first kappa shape index (κ1) is 12.9. The predicted octanol–water partition coefficient (Wildman–Crippen LogP) is 2.15. The number of hydrogen-bond acceptors (Lipinski definition) is 2. The number of carbonyl (C=O) groups is 1. The normalized spacial score (nSPS) is 9.56. The van der Waals surface area contributed by atoms with Gasteiger partial charge in [0, 0.05) is 0 Å². The monoisotopic (exact) mass is 256 g/mol. The number of halogens is 2. The van der Waals surface area contributed by atoms with Crippen LogP contribution in [0.1, 0.15) is 0 Å². The van der Waals surface area contributed by atoms with Crippen LogP contribution in [0.5, 0.6) is 0 Å². The molecule has 0 spiro atoms. The van der Waals surface area contributed by atoms with Crippen molar-refractivity contribution in [2.24, 2.45) is 0 Å². The molecule has 0 unspecified atom stereocenters. The summed E-state index contributed by atoms with van der Waals surface area (Å²) in [6.07, 6.45) is 5.03. The quantitative estimate of drug-likeness (QED) is 0.641. The van der Waals surface area contributed by atoms with Crippen molar-refractivity contribution in [1.82, 2.24) is 5.32 Å². The summed E-state index contributed by atoms with van der Waals surface area (Å²) in [5, 5.41) is 6.12. The van der Waals surface area contributed by atoms with E-state index in [1.54, 1.807) is 18.2 Å². The third-order valence-corrected chi connectivity index (χ3v) is 2.56. The summed E-state index contributed by atoms with van der Waals surface area (Å²) >= 11 is 11.7. The number of terminal acetylenes is 1. The zero-order valence-corrected chi connectivity index (χ0v) is 9.90. The average molecular weight is 257 g/mol. The van der Waals surface area contributed by atoms with Gasteiger partial charge in [-0.1, -0.05) is 35.2 Å². The van der Waals surface area contributed by atoms with Gasteiger partial charge in [-0.05, 0) is 12.1 Å². The SMILES string of the molecule is C#CCNCC(=O)Nc1cccc(Cl)c1Cl. The maximum absolute atomic E-state index is 11.4. The molecule has 0 aliphatic rings. The first-order valence-electron chi connectivity index (χ1n) is 4.53. The van der Waals surface area contributed by atoms with Crippen molar-refractivity contribution < 1.29 is 4.79 Å². The second-order valence-corrected chi connectivity index (χ2v) is 3.74. The molecule has 1 aromatic carbocycles. The van der Waals surface area contributed by atoms with Gasteiger partial charge < -0.3 is 5.32 Å². The van der Waals surface area contributed by atoms with E-state index in [1.807, 2.05) is 0 Å². The van der Waals surface area contributed by atoms with Crippen LogP contribution in [0, 0.1) is 12.3 Å². The van der Waals surface area contributed by atoms with E-state index in [-0.39, 0.29) is 12.5 Å². The van der Waals surface area contributed by atoms with Gasteiger partial charge in [-0.3, -0.25) is 10.1 Å². The lowest BCUT2D eigenvalue weighted by atomic mass is 10.3. The maximum Gasteiger partial charge on any atom is 0.238 e. The summed E-state index contributed by atoms with van der Waals surface area (Å²) in [5.41, 5.74) is 0.488. The lowest BCUT2D eigenvalue weighted by molar-refractivity contribution is -0.115. The standard InChI is InChI=1S/C11H10Cl2N2O/c1-2-6-14-7-10(16)15-9-5-3-4-8(12)11(9)13/h1,3-5,14H,6-7H2,(H,15,16). The summed E-state index contributed by atoms with van der Waals surface area (Å²) in [6.45, 7) is 0.476. The number of rotatable bonds is 4. The topological polar surface area (TPSA) is 41.1 Å². The molecule has 1 rings (SSSR count). The third kappa shape index (κ3) is 3.74. The molecule has 16 heavy (non-hydrogen) atoms. The van der Waals surface area contributed by atoms with E-state index in [2.05, 4.69) is 16.6 Å². The van der Waals surface area contributed by atoms with E-state index < -0.39 is 0 Å². The molecule has 0 atom stereocenters. The maximum atomic E-state index is 11.4. The van der Waals surface area contributed by atoms with E-state index in [1.165, 1.54) is 0 Å². The summed E-state index contributed by atoms with van der Waals surface area (Å²) in [5.74, 6) is 2.15. The number of nitrogens with one attached hydrogen (secondary N) is 2. The average Bonchev–Trinajstić information content (AvgIpc) is 2.25. The number of hydrogen-bond donors (Lipinski definition) is 2. The summed E-state index contributed by atoms with van der Waals surface area (Å²) in [6, 6.07) is 5.03. The molecule has 2 N–H and O–H groups in total. The highest BCUT2D eigenvalue weighted by atomic mass is 35.5. The number of anilines is 1. The predicted molar refractivity (Wildman–Crippen MR) is 66.8 cm³/mol. The van der Waals surface area contributed by atoms with Gasteiger partial charge in [0.25, 0.3) is 0 Å². The molecule has 0 saturated carbocycles. The van der Waals surface area contributed by atoms with E-state index >= 15 is 0 Å². The lowest BCUT2D eigenvalue weighted by Gasteiger charge is -2.07. The zero-order chi connectivity index (χ0) is 12.0. The van der Waals surface area contributed by atoms with Crippen molar-refractivity contribution in [3.63, 3.8) is 0 Å². The third-order valence-electron chi connectivity index (χ3n) is 1.74. The Hall–Kier alpha value is -1.21. The molecule has 84 valence electrons. The summed E-state index contributed by atoms with van der Waals surface area (Å²) < 4.78 is 0. The molecule has 1 amide bonds. The number of benzene rings is 1. The molecule has 5 heteroatoms. The summed E-state index contributed by atoms with van der Waals surface area (Å²) in [7, 11) is 0. The fourth-order valence-corrected chi connectivity index (χ4v) is 1.39. The fourth-order valence-electron chi connectivity index (χ4n) is 1.04. The fraction of sp³-hybridized carbons (Fsp3) is 0.182. The molecule has 0 heterocycles. The van der Waals surface area contributed by atoms with Gasteiger partial charge in [0.2, 0.25) is 5.91 Å². The molecule has 0 radical (unpaired) electrons. The highest BCUT2D eigenvalue weighted by Gasteiger charge is 2.07. The highest BCUT2D eigenvalue weighted by Crippen LogP contribution is 2.29. The van der Waals surface area contributed by atoms with E-state index in [0.29, 0.717) is 22.3 Å². The van der Waals surface area contributed by atoms with Gasteiger partial charge in [0.05, 0.1) is 28.8 Å². The van der Waals surface area contributed by atoms with Crippen LogP contribution in [0.3, 0.4) is 0 Å². The Kier molecular flexibility index (Phi) is 5.13. The van der Waals surface area contributed by atoms with Crippen molar-refractivity contribution in [3.05, 3.63) is 28.2 Å². The Labute approximate surface area is 104 Å². The second-order valence-electron chi connectivity index (χ2n) is 2.96. The first-order valence-corrected chi connectivity index (χ1v) is 5.28. The largest absolute Gasteiger partial charge is 0.324 e. The first-order chi connectivity index (χ1) is 7.65. The molecule has 1 aromatic rings. The van der Waals surface area contributed by atoms with Crippen LogP contribution in [0.25, 0.3) is 0 Å². The van der Waals surface area contributed by atoms with Crippen molar-refractivity contribution in [1.29, 1.82) is 0 Å². The Balaban J connectivity index is 2.57. The van der Waals surface area contributed by atoms with Gasteiger partial charge in [0.1, 0.15) is 0 Å². The van der Waals surface area contributed by atoms with Crippen LogP contribution < -0.4 is 10.6 Å². The molecule has 0 aliphatic carbocycles. The van der Waals surface area contributed by atoms with Gasteiger partial charge in [0.15, 0.2) is 0 Å². The minimum atomic E-state index is -0.223. The molecule has 0 bridgehead atoms. The van der Waals surface area contributed by atoms with Crippen molar-refractivity contribution in [2.45, 2.75) is 0 Å². The minimum absolute atomic E-state index is 0.132. The molecule has 3 nitrogen and oxygen atoms in total. The van der Waals surface area contributed by atoms with Gasteiger partial charge in [-0.15, -0.1) is 6.42 Å². The lowest BCUT2D eigenvalue weighted by Crippen LogP contribution is -2.28. The van der Waals surface area contributed by atoms with Crippen LogP contribution in [-0.4, -0.2) is 19.0 Å². The van der Waals surface area contributed by atoms with Gasteiger partial charge >= 0.3 is 0 Å². The molecule has 0 aromatic heterocycles. The smallest absolute Gasteiger partial charge is 0.238 e. The van der Waals surface area contributed by atoms with Crippen molar-refractivity contribution >= 4 is 34.8 Å². The Bertz CT molecular complexity index is 426. The Morgan fingerprint density at radius 1 is 1.44 bits per heavy atom. The molecule has 0 saturated heterocycles. The minimum Gasteiger partial charge on any atom is -0.324 e. The van der Waals surface area contributed by atoms with E-state index in [0.717, 1.165) is 0 Å². The molecule has 0 aliphatic heterocycles. The van der Waals surface area contributed by atoms with Gasteiger partial charge in [-0.25, -0.2) is 0 Å². The molecular formula is C11H10Cl2N2O. The molecular weight excluding hydrogens is 247 g/mol. The number of carbonyl (C=O) groups excluding carboxylic acids is 1. The second kappa shape index (κ2) is 6.39. The Morgan fingerprint density at radius 3 is 2.88 bits per heavy atom. The zero-order valence-electron chi connectivity index (χ0n) is 8.39. The van der Waals surface area contributed by atoms with Crippen molar-refractivity contribution in [3.8, 4) is 12.3 Å². The summed E-state index contributed by atoms with van der Waals surface area (Å²) in [4.78, 5) is 11.4. The van der Waals surface area contributed by atoms with E-state index in [4.69, 9.17) is 29.6 Å². The van der Waals surface area contributed by atoms with Crippen LogP contribution in [0.2, 0.25) is 10.0 Å².